The van der Waals surface area contributed by atoms with Crippen LogP contribution in [0.2, 0.25) is 0 Å². The Balaban J connectivity index is 1.68. The van der Waals surface area contributed by atoms with Gasteiger partial charge in [-0.1, -0.05) is 26.7 Å². The summed E-state index contributed by atoms with van der Waals surface area (Å²) in [7, 11) is 0. The highest BCUT2D eigenvalue weighted by Crippen LogP contribution is 2.20. The monoisotopic (exact) mass is 356 g/mol. The highest BCUT2D eigenvalue weighted by atomic mass is 16.5. The van der Waals surface area contributed by atoms with E-state index < -0.39 is 0 Å². The zero-order valence-electron chi connectivity index (χ0n) is 16.0. The fourth-order valence-electron chi connectivity index (χ4n) is 3.72. The van der Waals surface area contributed by atoms with Crippen molar-refractivity contribution >= 4 is 5.91 Å². The van der Waals surface area contributed by atoms with E-state index in [2.05, 4.69) is 24.1 Å². The van der Waals surface area contributed by atoms with Gasteiger partial charge in [0.1, 0.15) is 0 Å². The molecule has 0 aromatic heterocycles. The molecule has 1 N–H and O–H groups in total. The first-order valence-electron chi connectivity index (χ1n) is 10.0. The van der Waals surface area contributed by atoms with E-state index in [0.717, 1.165) is 71.8 Å². The van der Waals surface area contributed by atoms with Gasteiger partial charge in [0, 0.05) is 38.8 Å². The highest BCUT2D eigenvalue weighted by Gasteiger charge is 2.32. The summed E-state index contributed by atoms with van der Waals surface area (Å²) in [6, 6.07) is -0.0320. The van der Waals surface area contributed by atoms with Crippen LogP contribution in [0.25, 0.3) is 0 Å². The molecule has 2 saturated heterocycles. The largest absolute Gasteiger partial charge is 0.381 e. The number of rotatable bonds is 11. The molecule has 146 valence electrons. The maximum Gasteiger partial charge on any atom is 0.237 e. The average molecular weight is 357 g/mol. The zero-order chi connectivity index (χ0) is 17.9. The molecule has 2 heterocycles. The molecule has 6 heteroatoms. The summed E-state index contributed by atoms with van der Waals surface area (Å²) in [4.78, 5) is 15.1. The van der Waals surface area contributed by atoms with Crippen LogP contribution in [0.5, 0.6) is 0 Å². The van der Waals surface area contributed by atoms with Crippen molar-refractivity contribution in [3.05, 3.63) is 0 Å². The van der Waals surface area contributed by atoms with Crippen LogP contribution in [0.4, 0.5) is 0 Å². The second-order valence-corrected chi connectivity index (χ2v) is 7.12. The van der Waals surface area contributed by atoms with Crippen LogP contribution in [-0.4, -0.2) is 76.1 Å². The van der Waals surface area contributed by atoms with Crippen LogP contribution < -0.4 is 5.32 Å². The third kappa shape index (κ3) is 6.85. The minimum atomic E-state index is -0.0320. The van der Waals surface area contributed by atoms with Crippen molar-refractivity contribution in [2.45, 2.75) is 45.6 Å². The quantitative estimate of drug-likeness (QED) is 0.571. The van der Waals surface area contributed by atoms with E-state index >= 15 is 0 Å². The molecule has 0 unspecified atom stereocenters. The van der Waals surface area contributed by atoms with Crippen molar-refractivity contribution in [1.82, 2.24) is 10.2 Å². The predicted octanol–water partition coefficient (Wildman–Crippen LogP) is 1.68. The number of ether oxygens (including phenoxy) is 3. The molecule has 2 aliphatic heterocycles. The van der Waals surface area contributed by atoms with E-state index in [4.69, 9.17) is 14.2 Å². The molecule has 2 fully saturated rings. The number of nitrogens with one attached hydrogen (secondary N) is 1. The fourth-order valence-corrected chi connectivity index (χ4v) is 3.72. The smallest absolute Gasteiger partial charge is 0.237 e. The molecular formula is C19H36N2O4. The molecule has 2 atom stereocenters. The van der Waals surface area contributed by atoms with E-state index in [1.807, 2.05) is 0 Å². The van der Waals surface area contributed by atoms with Gasteiger partial charge < -0.3 is 19.5 Å². The van der Waals surface area contributed by atoms with Crippen molar-refractivity contribution in [1.29, 1.82) is 0 Å². The first kappa shape index (κ1) is 20.6. The standard InChI is InChI=1S/C19H36N2O4/c1-3-17(4-2)18(21-8-12-23-13-9-21)19(22)20-7-5-10-24-14-16-6-11-25-15-16/h16-18H,3-15H2,1-2H3,(H,20,22)/t16-,18+/m0/s1. The number of amides is 1. The Hall–Kier alpha value is -0.690. The molecule has 0 aromatic rings. The molecule has 0 saturated carbocycles. The Labute approximate surface area is 152 Å². The molecule has 0 radical (unpaired) electrons. The van der Waals surface area contributed by atoms with Crippen molar-refractivity contribution in [3.8, 4) is 0 Å². The van der Waals surface area contributed by atoms with Gasteiger partial charge in [0.05, 0.1) is 32.5 Å². The van der Waals surface area contributed by atoms with Crippen LogP contribution in [0.3, 0.4) is 0 Å². The van der Waals surface area contributed by atoms with Gasteiger partial charge >= 0.3 is 0 Å². The molecule has 0 aromatic carbocycles. The minimum Gasteiger partial charge on any atom is -0.381 e. The molecule has 1 amide bonds. The molecule has 2 aliphatic rings. The molecular weight excluding hydrogens is 320 g/mol. The van der Waals surface area contributed by atoms with E-state index in [1.165, 1.54) is 0 Å². The highest BCUT2D eigenvalue weighted by molar-refractivity contribution is 5.82. The van der Waals surface area contributed by atoms with Crippen LogP contribution in [-0.2, 0) is 19.0 Å². The molecule has 0 aliphatic carbocycles. The summed E-state index contributed by atoms with van der Waals surface area (Å²) in [5.41, 5.74) is 0. The summed E-state index contributed by atoms with van der Waals surface area (Å²) < 4.78 is 16.5. The third-order valence-corrected chi connectivity index (χ3v) is 5.35. The van der Waals surface area contributed by atoms with E-state index in [-0.39, 0.29) is 11.9 Å². The average Bonchev–Trinajstić information content (AvgIpc) is 3.16. The summed E-state index contributed by atoms with van der Waals surface area (Å²) in [6.07, 6.45) is 4.02. The topological polar surface area (TPSA) is 60.0 Å². The number of carbonyl (C=O) groups excluding carboxylic acids is 1. The normalized spacial score (nSPS) is 23.1. The lowest BCUT2D eigenvalue weighted by atomic mass is 9.91. The molecule has 2 rings (SSSR count). The van der Waals surface area contributed by atoms with Gasteiger partial charge in [-0.15, -0.1) is 0 Å². The Morgan fingerprint density at radius 2 is 1.96 bits per heavy atom. The van der Waals surface area contributed by atoms with E-state index in [9.17, 15) is 4.79 Å². The van der Waals surface area contributed by atoms with Crippen molar-refractivity contribution < 1.29 is 19.0 Å². The molecule has 0 bridgehead atoms. The van der Waals surface area contributed by atoms with Crippen LogP contribution >= 0.6 is 0 Å². The van der Waals surface area contributed by atoms with E-state index in [0.29, 0.717) is 25.0 Å². The summed E-state index contributed by atoms with van der Waals surface area (Å²) in [6.45, 7) is 11.3. The van der Waals surface area contributed by atoms with Gasteiger partial charge in [-0.2, -0.15) is 0 Å². The SMILES string of the molecule is CCC(CC)[C@H](C(=O)NCCCOC[C@@H]1CCOC1)N1CCOCC1. The van der Waals surface area contributed by atoms with Gasteiger partial charge in [0.15, 0.2) is 0 Å². The van der Waals surface area contributed by atoms with Gasteiger partial charge in [-0.25, -0.2) is 0 Å². The Morgan fingerprint density at radius 3 is 2.60 bits per heavy atom. The van der Waals surface area contributed by atoms with Crippen LogP contribution in [0, 0.1) is 11.8 Å². The number of nitrogens with zero attached hydrogens (tertiary/aromatic N) is 1. The number of hydrogen-bond acceptors (Lipinski definition) is 5. The maximum absolute atomic E-state index is 12.8. The predicted molar refractivity (Wildman–Crippen MR) is 97.6 cm³/mol. The number of carbonyl (C=O) groups is 1. The molecule has 0 spiro atoms. The summed E-state index contributed by atoms with van der Waals surface area (Å²) in [5, 5.41) is 3.13. The lowest BCUT2D eigenvalue weighted by Crippen LogP contribution is -2.54. The van der Waals surface area contributed by atoms with E-state index in [1.54, 1.807) is 0 Å². The molecule has 25 heavy (non-hydrogen) atoms. The second kappa shape index (κ2) is 11.8. The lowest BCUT2D eigenvalue weighted by Gasteiger charge is -2.37. The van der Waals surface area contributed by atoms with Gasteiger partial charge in [0.25, 0.3) is 0 Å². The minimum absolute atomic E-state index is 0.0320. The third-order valence-electron chi connectivity index (χ3n) is 5.35. The number of morpholine rings is 1. The van der Waals surface area contributed by atoms with Crippen molar-refractivity contribution in [3.63, 3.8) is 0 Å². The maximum atomic E-state index is 12.8. The lowest BCUT2D eigenvalue weighted by molar-refractivity contribution is -0.130. The van der Waals surface area contributed by atoms with Crippen molar-refractivity contribution in [2.24, 2.45) is 11.8 Å². The Bertz CT molecular complexity index is 364. The van der Waals surface area contributed by atoms with Crippen LogP contribution in [0.15, 0.2) is 0 Å². The van der Waals surface area contributed by atoms with Crippen molar-refractivity contribution in [2.75, 3.05) is 59.3 Å². The summed E-state index contributed by atoms with van der Waals surface area (Å²) >= 11 is 0. The summed E-state index contributed by atoms with van der Waals surface area (Å²) in [5.74, 6) is 1.12. The fraction of sp³-hybridized carbons (Fsp3) is 0.947. The Kier molecular flexibility index (Phi) is 9.76. The van der Waals surface area contributed by atoms with Gasteiger partial charge in [-0.3, -0.25) is 9.69 Å². The molecule has 6 nitrogen and oxygen atoms in total. The second-order valence-electron chi connectivity index (χ2n) is 7.12. The van der Waals surface area contributed by atoms with Gasteiger partial charge in [-0.05, 0) is 18.8 Å². The first-order valence-corrected chi connectivity index (χ1v) is 10.0. The zero-order valence-corrected chi connectivity index (χ0v) is 16.0. The Morgan fingerprint density at radius 1 is 1.20 bits per heavy atom. The van der Waals surface area contributed by atoms with Crippen LogP contribution in [0.1, 0.15) is 39.5 Å². The first-order chi connectivity index (χ1) is 12.3. The number of hydrogen-bond donors (Lipinski definition) is 1. The van der Waals surface area contributed by atoms with Gasteiger partial charge in [0.2, 0.25) is 5.91 Å².